The van der Waals surface area contributed by atoms with E-state index in [4.69, 9.17) is 10.5 Å². The van der Waals surface area contributed by atoms with Crippen LogP contribution in [-0.4, -0.2) is 17.7 Å². The number of pyridine rings is 1. The number of benzene rings is 1. The zero-order chi connectivity index (χ0) is 13.3. The summed E-state index contributed by atoms with van der Waals surface area (Å²) in [7, 11) is 1.79. The lowest BCUT2D eigenvalue weighted by atomic mass is 9.87. The van der Waals surface area contributed by atoms with Crippen molar-refractivity contribution in [3.63, 3.8) is 0 Å². The molecule has 1 aliphatic rings. The van der Waals surface area contributed by atoms with Gasteiger partial charge in [-0.15, -0.1) is 0 Å². The molecule has 1 fully saturated rings. The minimum atomic E-state index is -0.185. The molecule has 1 unspecified atom stereocenters. The summed E-state index contributed by atoms with van der Waals surface area (Å²) in [6, 6.07) is 10.2. The summed E-state index contributed by atoms with van der Waals surface area (Å²) in [5.74, 6) is 0. The number of nitrogens with zero attached hydrogens (tertiary/aromatic N) is 1. The van der Waals surface area contributed by atoms with Gasteiger partial charge in [0.1, 0.15) is 0 Å². The first-order valence-corrected chi connectivity index (χ1v) is 6.91. The predicted octanol–water partition coefficient (Wildman–Crippen LogP) is 3.19. The van der Waals surface area contributed by atoms with Gasteiger partial charge in [0.05, 0.1) is 17.2 Å². The smallest absolute Gasteiger partial charge is 0.0870 e. The fraction of sp³-hybridized carbons (Fsp3) is 0.438. The molecular formula is C16H20N2O. The molecule has 1 aliphatic carbocycles. The molecular weight excluding hydrogens is 236 g/mol. The van der Waals surface area contributed by atoms with Gasteiger partial charge in [0, 0.05) is 18.7 Å². The molecule has 3 heteroatoms. The van der Waals surface area contributed by atoms with Crippen LogP contribution in [0.5, 0.6) is 0 Å². The Labute approximate surface area is 113 Å². The summed E-state index contributed by atoms with van der Waals surface area (Å²) in [4.78, 5) is 4.34. The lowest BCUT2D eigenvalue weighted by Crippen LogP contribution is -2.40. The van der Waals surface area contributed by atoms with Gasteiger partial charge in [-0.3, -0.25) is 4.98 Å². The summed E-state index contributed by atoms with van der Waals surface area (Å²) in [6.45, 7) is 0. The molecule has 0 spiro atoms. The topological polar surface area (TPSA) is 48.1 Å². The van der Waals surface area contributed by atoms with Gasteiger partial charge >= 0.3 is 0 Å². The molecule has 1 aromatic heterocycles. The maximum absolute atomic E-state index is 6.49. The van der Waals surface area contributed by atoms with E-state index in [-0.39, 0.29) is 11.6 Å². The van der Waals surface area contributed by atoms with Crippen LogP contribution in [0.1, 0.15) is 37.3 Å². The first-order chi connectivity index (χ1) is 9.25. The Morgan fingerprint density at radius 2 is 2.05 bits per heavy atom. The summed E-state index contributed by atoms with van der Waals surface area (Å²) < 4.78 is 5.79. The van der Waals surface area contributed by atoms with Crippen molar-refractivity contribution in [1.82, 2.24) is 4.98 Å². The van der Waals surface area contributed by atoms with Gasteiger partial charge in [0.15, 0.2) is 0 Å². The average Bonchev–Trinajstić information content (AvgIpc) is 2.96. The molecule has 1 heterocycles. The van der Waals surface area contributed by atoms with Crippen LogP contribution in [0.15, 0.2) is 36.5 Å². The minimum Gasteiger partial charge on any atom is -0.376 e. The molecule has 3 nitrogen and oxygen atoms in total. The van der Waals surface area contributed by atoms with E-state index in [0.717, 1.165) is 29.3 Å². The molecule has 0 radical (unpaired) electrons. The normalized spacial score (nSPS) is 19.7. The van der Waals surface area contributed by atoms with Crippen LogP contribution < -0.4 is 5.73 Å². The van der Waals surface area contributed by atoms with Gasteiger partial charge in [0.2, 0.25) is 0 Å². The number of fused-ring (bicyclic) bond motifs is 1. The third kappa shape index (κ3) is 2.13. The number of methoxy groups -OCH3 is 1. The Kier molecular flexibility index (Phi) is 3.25. The monoisotopic (exact) mass is 256 g/mol. The molecule has 2 aromatic rings. The molecule has 100 valence electrons. The minimum absolute atomic E-state index is 0.0652. The van der Waals surface area contributed by atoms with Gasteiger partial charge in [-0.05, 0) is 36.6 Å². The lowest BCUT2D eigenvalue weighted by Gasteiger charge is -2.34. The third-order valence-corrected chi connectivity index (χ3v) is 4.41. The van der Waals surface area contributed by atoms with E-state index in [1.165, 1.54) is 12.8 Å². The second kappa shape index (κ2) is 4.91. The van der Waals surface area contributed by atoms with Crippen LogP contribution in [0.2, 0.25) is 0 Å². The summed E-state index contributed by atoms with van der Waals surface area (Å²) in [5, 5.41) is 1.14. The number of hydrogen-bond donors (Lipinski definition) is 1. The molecule has 19 heavy (non-hydrogen) atoms. The van der Waals surface area contributed by atoms with Crippen molar-refractivity contribution in [1.29, 1.82) is 0 Å². The lowest BCUT2D eigenvalue weighted by molar-refractivity contribution is -0.0263. The zero-order valence-corrected chi connectivity index (χ0v) is 11.3. The molecule has 1 aromatic carbocycles. The maximum Gasteiger partial charge on any atom is 0.0870 e. The van der Waals surface area contributed by atoms with Gasteiger partial charge in [-0.25, -0.2) is 0 Å². The maximum atomic E-state index is 6.49. The van der Waals surface area contributed by atoms with E-state index in [1.807, 2.05) is 18.3 Å². The van der Waals surface area contributed by atoms with E-state index in [2.05, 4.69) is 23.2 Å². The highest BCUT2D eigenvalue weighted by Gasteiger charge is 2.40. The quantitative estimate of drug-likeness (QED) is 0.917. The summed E-state index contributed by atoms with van der Waals surface area (Å²) >= 11 is 0. The van der Waals surface area contributed by atoms with Crippen molar-refractivity contribution in [2.75, 3.05) is 7.11 Å². The number of nitrogens with two attached hydrogens (primary N) is 1. The molecule has 1 saturated carbocycles. The fourth-order valence-corrected chi connectivity index (χ4v) is 3.21. The van der Waals surface area contributed by atoms with Crippen molar-refractivity contribution in [3.05, 3.63) is 42.1 Å². The van der Waals surface area contributed by atoms with Crippen molar-refractivity contribution >= 4 is 10.9 Å². The molecule has 3 rings (SSSR count). The van der Waals surface area contributed by atoms with Crippen molar-refractivity contribution in [2.24, 2.45) is 5.73 Å². The highest BCUT2D eigenvalue weighted by atomic mass is 16.5. The third-order valence-electron chi connectivity index (χ3n) is 4.41. The second-order valence-electron chi connectivity index (χ2n) is 5.41. The van der Waals surface area contributed by atoms with E-state index in [0.29, 0.717) is 0 Å². The van der Waals surface area contributed by atoms with Crippen molar-refractivity contribution in [2.45, 2.75) is 37.3 Å². The Balaban J connectivity index is 1.99. The Morgan fingerprint density at radius 3 is 2.79 bits per heavy atom. The number of ether oxygens (including phenoxy) is 1. The van der Waals surface area contributed by atoms with E-state index in [9.17, 15) is 0 Å². The van der Waals surface area contributed by atoms with Gasteiger partial charge in [0.25, 0.3) is 0 Å². The van der Waals surface area contributed by atoms with Crippen LogP contribution in [0, 0.1) is 0 Å². The molecule has 0 aliphatic heterocycles. The van der Waals surface area contributed by atoms with Crippen LogP contribution in [-0.2, 0) is 4.74 Å². The zero-order valence-electron chi connectivity index (χ0n) is 11.3. The van der Waals surface area contributed by atoms with Crippen molar-refractivity contribution in [3.8, 4) is 0 Å². The highest BCUT2D eigenvalue weighted by Crippen LogP contribution is 2.41. The first kappa shape index (κ1) is 12.6. The molecule has 1 atom stereocenters. The average molecular weight is 256 g/mol. The first-order valence-electron chi connectivity index (χ1n) is 6.91. The number of hydrogen-bond acceptors (Lipinski definition) is 3. The summed E-state index contributed by atoms with van der Waals surface area (Å²) in [6.07, 6.45) is 6.33. The van der Waals surface area contributed by atoms with E-state index < -0.39 is 0 Å². The summed E-state index contributed by atoms with van der Waals surface area (Å²) in [5.41, 5.74) is 8.46. The van der Waals surface area contributed by atoms with Gasteiger partial charge in [-0.2, -0.15) is 0 Å². The van der Waals surface area contributed by atoms with Crippen LogP contribution in [0.25, 0.3) is 10.9 Å². The molecule has 0 amide bonds. The van der Waals surface area contributed by atoms with Crippen molar-refractivity contribution < 1.29 is 4.74 Å². The Hall–Kier alpha value is -1.45. The number of rotatable bonds is 3. The van der Waals surface area contributed by atoms with Crippen LogP contribution >= 0.6 is 0 Å². The highest BCUT2D eigenvalue weighted by molar-refractivity contribution is 5.79. The van der Waals surface area contributed by atoms with Gasteiger partial charge < -0.3 is 10.5 Å². The number of aromatic nitrogens is 1. The largest absolute Gasteiger partial charge is 0.376 e. The van der Waals surface area contributed by atoms with Gasteiger partial charge in [-0.1, -0.05) is 25.0 Å². The van der Waals surface area contributed by atoms with Crippen LogP contribution in [0.3, 0.4) is 0 Å². The molecule has 2 N–H and O–H groups in total. The molecule has 0 bridgehead atoms. The SMILES string of the molecule is COC1(C(N)c2ccc3ncccc3c2)CCCC1. The van der Waals surface area contributed by atoms with E-state index in [1.54, 1.807) is 7.11 Å². The standard InChI is InChI=1S/C16H20N2O/c1-19-16(8-2-3-9-16)15(17)13-6-7-14-12(11-13)5-4-10-18-14/h4-7,10-11,15H,2-3,8-9,17H2,1H3. The van der Waals surface area contributed by atoms with E-state index >= 15 is 0 Å². The fourth-order valence-electron chi connectivity index (χ4n) is 3.21. The predicted molar refractivity (Wildman–Crippen MR) is 76.9 cm³/mol. The Bertz CT molecular complexity index is 576. The van der Waals surface area contributed by atoms with Crippen LogP contribution in [0.4, 0.5) is 0 Å². The Morgan fingerprint density at radius 1 is 1.26 bits per heavy atom. The second-order valence-corrected chi connectivity index (χ2v) is 5.41. The molecule has 0 saturated heterocycles.